The van der Waals surface area contributed by atoms with Crippen LogP contribution in [0.4, 0.5) is 0 Å². The standard InChI is InChI=1S/C26H56N.H3O4P/c1-5-7-9-11-13-15-17-19-21-23-25-27(3,4)26-24-22-20-18-16-14-12-10-8-6-2;1-5(2,3)4/h5-26H2,1-4H3;(H3,1,2,3,4)/q+1;. The van der Waals surface area contributed by atoms with Gasteiger partial charge in [0.15, 0.2) is 0 Å². The van der Waals surface area contributed by atoms with Crippen LogP contribution in [-0.2, 0) is 4.57 Å². The van der Waals surface area contributed by atoms with Crippen LogP contribution in [0.1, 0.15) is 142 Å². The van der Waals surface area contributed by atoms with Gasteiger partial charge in [-0.15, -0.1) is 0 Å². The minimum Gasteiger partial charge on any atom is -0.328 e. The average molecular weight is 481 g/mol. The number of nitrogens with zero attached hydrogens (tertiary/aromatic N) is 1. The molecule has 0 aromatic carbocycles. The summed E-state index contributed by atoms with van der Waals surface area (Å²) in [4.78, 5) is 21.6. The zero-order chi connectivity index (χ0) is 24.6. The molecule has 0 unspecified atom stereocenters. The van der Waals surface area contributed by atoms with Crippen molar-refractivity contribution in [3.8, 4) is 0 Å². The van der Waals surface area contributed by atoms with Gasteiger partial charge in [0, 0.05) is 0 Å². The van der Waals surface area contributed by atoms with Crippen molar-refractivity contribution in [3.05, 3.63) is 0 Å². The number of hydrogen-bond acceptors (Lipinski definition) is 1. The lowest BCUT2D eigenvalue weighted by atomic mass is 10.1. The lowest BCUT2D eigenvalue weighted by Crippen LogP contribution is -2.41. The minimum atomic E-state index is -4.64. The number of phosphoric acid groups is 1. The lowest BCUT2D eigenvalue weighted by Gasteiger charge is -2.30. The normalized spacial score (nSPS) is 12.0. The van der Waals surface area contributed by atoms with E-state index in [-0.39, 0.29) is 0 Å². The van der Waals surface area contributed by atoms with Crippen molar-refractivity contribution in [1.29, 1.82) is 0 Å². The smallest absolute Gasteiger partial charge is 0.328 e. The van der Waals surface area contributed by atoms with Crippen molar-refractivity contribution in [2.45, 2.75) is 142 Å². The summed E-state index contributed by atoms with van der Waals surface area (Å²) < 4.78 is 10.1. The van der Waals surface area contributed by atoms with Gasteiger partial charge < -0.3 is 19.2 Å². The molecule has 196 valence electrons. The van der Waals surface area contributed by atoms with E-state index in [4.69, 9.17) is 19.2 Å². The molecule has 0 aliphatic carbocycles. The van der Waals surface area contributed by atoms with Gasteiger partial charge in [-0.25, -0.2) is 4.57 Å². The van der Waals surface area contributed by atoms with Crippen LogP contribution in [0, 0.1) is 0 Å². The Hall–Kier alpha value is 0.0700. The summed E-state index contributed by atoms with van der Waals surface area (Å²) in [5.41, 5.74) is 0. The van der Waals surface area contributed by atoms with Crippen molar-refractivity contribution in [3.63, 3.8) is 0 Å². The van der Waals surface area contributed by atoms with Crippen LogP contribution >= 0.6 is 7.82 Å². The molecule has 0 aromatic rings. The van der Waals surface area contributed by atoms with Crippen LogP contribution in [0.15, 0.2) is 0 Å². The summed E-state index contributed by atoms with van der Waals surface area (Å²) in [7, 11) is 0.253. The maximum atomic E-state index is 8.88. The van der Waals surface area contributed by atoms with Gasteiger partial charge in [-0.1, -0.05) is 117 Å². The number of hydrogen-bond donors (Lipinski definition) is 3. The van der Waals surface area contributed by atoms with Crippen LogP contribution in [-0.4, -0.2) is 46.3 Å². The molecule has 0 atom stereocenters. The van der Waals surface area contributed by atoms with Crippen molar-refractivity contribution < 1.29 is 23.7 Å². The molecule has 3 N–H and O–H groups in total. The highest BCUT2D eigenvalue weighted by molar-refractivity contribution is 7.45. The molecule has 0 spiro atoms. The van der Waals surface area contributed by atoms with E-state index >= 15 is 0 Å². The highest BCUT2D eigenvalue weighted by Crippen LogP contribution is 2.25. The molecule has 0 amide bonds. The Bertz CT molecular complexity index is 378. The molecule has 0 saturated carbocycles. The van der Waals surface area contributed by atoms with Gasteiger partial charge in [0.25, 0.3) is 0 Å². The molecule has 0 saturated heterocycles. The Morgan fingerprint density at radius 1 is 0.469 bits per heavy atom. The third-order valence-electron chi connectivity index (χ3n) is 6.23. The third kappa shape index (κ3) is 37.4. The lowest BCUT2D eigenvalue weighted by molar-refractivity contribution is -0.890. The maximum absolute atomic E-state index is 8.88. The van der Waals surface area contributed by atoms with Gasteiger partial charge in [-0.05, 0) is 25.7 Å². The predicted octanol–water partition coefficient (Wildman–Crippen LogP) is 7.98. The quantitative estimate of drug-likeness (QED) is 0.0834. The first-order chi connectivity index (χ1) is 15.1. The van der Waals surface area contributed by atoms with Crippen molar-refractivity contribution in [2.24, 2.45) is 0 Å². The molecule has 0 aromatic heterocycles. The summed E-state index contributed by atoms with van der Waals surface area (Å²) in [6, 6.07) is 0. The van der Waals surface area contributed by atoms with Crippen LogP contribution in [0.2, 0.25) is 0 Å². The van der Waals surface area contributed by atoms with Gasteiger partial charge in [0.2, 0.25) is 0 Å². The second-order valence-corrected chi connectivity index (χ2v) is 11.3. The molecule has 0 rings (SSSR count). The largest absolute Gasteiger partial charge is 0.466 e. The average Bonchev–Trinajstić information content (AvgIpc) is 2.69. The summed E-state index contributed by atoms with van der Waals surface area (Å²) in [6.07, 6.45) is 29.0. The number of rotatable bonds is 22. The molecule has 32 heavy (non-hydrogen) atoms. The predicted molar refractivity (Wildman–Crippen MR) is 140 cm³/mol. The first kappa shape index (κ1) is 34.2. The van der Waals surface area contributed by atoms with Crippen molar-refractivity contribution in [1.82, 2.24) is 0 Å². The fourth-order valence-corrected chi connectivity index (χ4v) is 4.17. The third-order valence-corrected chi connectivity index (χ3v) is 6.23. The highest BCUT2D eigenvalue weighted by Gasteiger charge is 2.13. The molecule has 0 aliphatic heterocycles. The topological polar surface area (TPSA) is 77.8 Å². The molecule has 0 fully saturated rings. The van der Waals surface area contributed by atoms with Gasteiger partial charge in [-0.2, -0.15) is 0 Å². The zero-order valence-corrected chi connectivity index (χ0v) is 23.1. The van der Waals surface area contributed by atoms with E-state index < -0.39 is 7.82 Å². The van der Waals surface area contributed by atoms with Crippen LogP contribution in [0.3, 0.4) is 0 Å². The summed E-state index contributed by atoms with van der Waals surface area (Å²) >= 11 is 0. The highest BCUT2D eigenvalue weighted by atomic mass is 31.2. The van der Waals surface area contributed by atoms with Crippen LogP contribution < -0.4 is 0 Å². The van der Waals surface area contributed by atoms with Crippen molar-refractivity contribution >= 4 is 7.82 Å². The molecule has 0 aliphatic rings. The van der Waals surface area contributed by atoms with E-state index in [1.807, 2.05) is 0 Å². The Balaban J connectivity index is 0. The van der Waals surface area contributed by atoms with E-state index in [1.54, 1.807) is 0 Å². The van der Waals surface area contributed by atoms with Crippen LogP contribution in [0.25, 0.3) is 0 Å². The zero-order valence-electron chi connectivity index (χ0n) is 22.2. The summed E-state index contributed by atoms with van der Waals surface area (Å²) in [5.74, 6) is 0. The number of quaternary nitrogens is 1. The molecular weight excluding hydrogens is 421 g/mol. The molecular formula is C26H59NO4P+. The molecule has 5 nitrogen and oxygen atoms in total. The van der Waals surface area contributed by atoms with Crippen LogP contribution in [0.5, 0.6) is 0 Å². The Kier molecular flexibility index (Phi) is 25.9. The fourth-order valence-electron chi connectivity index (χ4n) is 4.17. The first-order valence-electron chi connectivity index (χ1n) is 13.7. The molecule has 0 heterocycles. The van der Waals surface area contributed by atoms with Crippen molar-refractivity contribution in [2.75, 3.05) is 27.2 Å². The molecule has 6 heteroatoms. The monoisotopic (exact) mass is 480 g/mol. The summed E-state index contributed by atoms with van der Waals surface area (Å²) in [5, 5.41) is 0. The Morgan fingerprint density at radius 2 is 0.656 bits per heavy atom. The molecule has 0 radical (unpaired) electrons. The van der Waals surface area contributed by atoms with E-state index in [1.165, 1.54) is 146 Å². The van der Waals surface area contributed by atoms with E-state index in [9.17, 15) is 0 Å². The van der Waals surface area contributed by atoms with Gasteiger partial charge >= 0.3 is 7.82 Å². The Labute approximate surface area is 201 Å². The van der Waals surface area contributed by atoms with E-state index in [0.717, 1.165) is 0 Å². The Morgan fingerprint density at radius 3 is 0.875 bits per heavy atom. The fraction of sp³-hybridized carbons (Fsp3) is 1.00. The second-order valence-electron chi connectivity index (χ2n) is 10.3. The van der Waals surface area contributed by atoms with Gasteiger partial charge in [0.05, 0.1) is 27.2 Å². The molecule has 0 bridgehead atoms. The summed E-state index contributed by atoms with van der Waals surface area (Å²) in [6.45, 7) is 7.37. The van der Waals surface area contributed by atoms with E-state index in [2.05, 4.69) is 27.9 Å². The van der Waals surface area contributed by atoms with Gasteiger partial charge in [-0.3, -0.25) is 0 Å². The minimum absolute atomic E-state index is 1.24. The first-order valence-corrected chi connectivity index (χ1v) is 15.3. The second kappa shape index (κ2) is 24.2. The van der Waals surface area contributed by atoms with E-state index in [0.29, 0.717) is 0 Å². The number of unbranched alkanes of at least 4 members (excludes halogenated alkanes) is 18. The maximum Gasteiger partial charge on any atom is 0.466 e. The SMILES string of the molecule is CCCCCCCCCCCC[N+](C)(C)CCCCCCCCCCCC.O=P(O)(O)O. The van der Waals surface area contributed by atoms with Gasteiger partial charge in [0.1, 0.15) is 0 Å².